The lowest BCUT2D eigenvalue weighted by molar-refractivity contribution is -0.384. The standard InChI is InChI=1S/C21H20N4O5S/c26-19(22-14-5-3-6-15(11-14)25(28)29)13-31-20-17-8-1-2-9-18(17)24(21(27)23-20)12-16-7-4-10-30-16/h3-7,10-11H,1-2,8-9,12-13H2,(H,22,26). The third-order valence-electron chi connectivity index (χ3n) is 5.03. The van der Waals surface area contributed by atoms with E-state index >= 15 is 0 Å². The van der Waals surface area contributed by atoms with Crippen LogP contribution < -0.4 is 11.0 Å². The third-order valence-corrected chi connectivity index (χ3v) is 6.04. The summed E-state index contributed by atoms with van der Waals surface area (Å²) in [6, 6.07) is 9.37. The van der Waals surface area contributed by atoms with Crippen LogP contribution in [-0.4, -0.2) is 26.1 Å². The van der Waals surface area contributed by atoms with Gasteiger partial charge in [0.1, 0.15) is 10.8 Å². The summed E-state index contributed by atoms with van der Waals surface area (Å²) in [5, 5.41) is 14.1. The highest BCUT2D eigenvalue weighted by Crippen LogP contribution is 2.29. The lowest BCUT2D eigenvalue weighted by Crippen LogP contribution is -2.30. The van der Waals surface area contributed by atoms with Gasteiger partial charge in [-0.1, -0.05) is 17.8 Å². The maximum atomic E-state index is 12.7. The topological polar surface area (TPSA) is 120 Å². The van der Waals surface area contributed by atoms with Gasteiger partial charge in [0.05, 0.1) is 23.5 Å². The second kappa shape index (κ2) is 9.17. The van der Waals surface area contributed by atoms with Crippen LogP contribution in [0.5, 0.6) is 0 Å². The van der Waals surface area contributed by atoms with Crippen molar-refractivity contribution in [2.24, 2.45) is 0 Å². The second-order valence-corrected chi connectivity index (χ2v) is 8.11. The normalized spacial score (nSPS) is 12.9. The number of thioether (sulfide) groups is 1. The molecule has 0 unspecified atom stereocenters. The maximum Gasteiger partial charge on any atom is 0.349 e. The van der Waals surface area contributed by atoms with Crippen LogP contribution in [0.25, 0.3) is 0 Å². The number of nitrogens with one attached hydrogen (secondary N) is 1. The Morgan fingerprint density at radius 1 is 1.26 bits per heavy atom. The van der Waals surface area contributed by atoms with Crippen molar-refractivity contribution in [1.29, 1.82) is 0 Å². The van der Waals surface area contributed by atoms with Gasteiger partial charge in [0, 0.05) is 29.1 Å². The molecular formula is C21H20N4O5S. The SMILES string of the molecule is O=C(CSc1nc(=O)n(Cc2ccco2)c2c1CCCC2)Nc1cccc([N+](=O)[O-])c1. The Kier molecular flexibility index (Phi) is 6.17. The molecule has 1 aliphatic carbocycles. The zero-order valence-corrected chi connectivity index (χ0v) is 17.4. The van der Waals surface area contributed by atoms with Gasteiger partial charge in [0.15, 0.2) is 0 Å². The number of non-ortho nitro benzene ring substituents is 1. The lowest BCUT2D eigenvalue weighted by Gasteiger charge is -2.22. The van der Waals surface area contributed by atoms with E-state index < -0.39 is 4.92 Å². The molecule has 1 aliphatic rings. The number of fused-ring (bicyclic) bond motifs is 1. The monoisotopic (exact) mass is 440 g/mol. The molecule has 0 spiro atoms. The first kappa shape index (κ1) is 20.9. The summed E-state index contributed by atoms with van der Waals surface area (Å²) in [4.78, 5) is 39.7. The Morgan fingerprint density at radius 3 is 2.87 bits per heavy atom. The van der Waals surface area contributed by atoms with Gasteiger partial charge in [-0.05, 0) is 43.9 Å². The van der Waals surface area contributed by atoms with Crippen molar-refractivity contribution in [2.45, 2.75) is 37.3 Å². The van der Waals surface area contributed by atoms with E-state index in [9.17, 15) is 19.7 Å². The molecular weight excluding hydrogens is 420 g/mol. The number of rotatable bonds is 7. The number of amides is 1. The molecule has 2 heterocycles. The molecule has 31 heavy (non-hydrogen) atoms. The number of hydrogen-bond acceptors (Lipinski definition) is 7. The predicted octanol–water partition coefficient (Wildman–Crippen LogP) is 3.40. The average molecular weight is 440 g/mol. The van der Waals surface area contributed by atoms with Crippen molar-refractivity contribution in [3.05, 3.63) is 80.3 Å². The molecule has 0 fully saturated rings. The quantitative estimate of drug-likeness (QED) is 0.259. The summed E-state index contributed by atoms with van der Waals surface area (Å²) in [5.41, 5.74) is 1.85. The summed E-state index contributed by atoms with van der Waals surface area (Å²) in [6.45, 7) is 0.333. The van der Waals surface area contributed by atoms with Crippen LogP contribution in [0.15, 0.2) is 56.9 Å². The molecule has 1 amide bonds. The first-order chi connectivity index (χ1) is 15.0. The fourth-order valence-corrected chi connectivity index (χ4v) is 4.49. The fraction of sp³-hybridized carbons (Fsp3) is 0.286. The molecule has 160 valence electrons. The number of benzene rings is 1. The largest absolute Gasteiger partial charge is 0.467 e. The van der Waals surface area contributed by atoms with Gasteiger partial charge in [-0.2, -0.15) is 4.98 Å². The smallest absolute Gasteiger partial charge is 0.349 e. The fourth-order valence-electron chi connectivity index (χ4n) is 3.62. The van der Waals surface area contributed by atoms with E-state index in [2.05, 4.69) is 10.3 Å². The van der Waals surface area contributed by atoms with Crippen LogP contribution in [0, 0.1) is 10.1 Å². The van der Waals surface area contributed by atoms with Crippen molar-refractivity contribution < 1.29 is 14.1 Å². The molecule has 0 saturated carbocycles. The molecule has 2 aromatic heterocycles. The molecule has 0 saturated heterocycles. The molecule has 9 nitrogen and oxygen atoms in total. The summed E-state index contributed by atoms with van der Waals surface area (Å²) in [7, 11) is 0. The Balaban J connectivity index is 1.50. The maximum absolute atomic E-state index is 12.7. The minimum atomic E-state index is -0.516. The highest BCUT2D eigenvalue weighted by atomic mass is 32.2. The third kappa shape index (κ3) is 4.85. The van der Waals surface area contributed by atoms with E-state index in [0.29, 0.717) is 23.0 Å². The molecule has 3 aromatic rings. The van der Waals surface area contributed by atoms with Gasteiger partial charge in [-0.3, -0.25) is 19.5 Å². The van der Waals surface area contributed by atoms with Crippen molar-refractivity contribution >= 4 is 29.0 Å². The number of nitrogens with zero attached hydrogens (tertiary/aromatic N) is 3. The first-order valence-corrected chi connectivity index (χ1v) is 10.8. The summed E-state index contributed by atoms with van der Waals surface area (Å²) < 4.78 is 7.04. The van der Waals surface area contributed by atoms with Crippen molar-refractivity contribution in [2.75, 3.05) is 11.1 Å². The van der Waals surface area contributed by atoms with E-state index in [0.717, 1.165) is 36.9 Å². The minimum absolute atomic E-state index is 0.0454. The zero-order chi connectivity index (χ0) is 21.8. The van der Waals surface area contributed by atoms with E-state index in [1.165, 1.54) is 30.0 Å². The number of carbonyl (C=O) groups excluding carboxylic acids is 1. The predicted molar refractivity (Wildman–Crippen MR) is 115 cm³/mol. The molecule has 10 heteroatoms. The molecule has 1 N–H and O–H groups in total. The van der Waals surface area contributed by atoms with Crippen LogP contribution in [0.2, 0.25) is 0 Å². The van der Waals surface area contributed by atoms with Gasteiger partial charge in [0.2, 0.25) is 5.91 Å². The summed E-state index contributed by atoms with van der Waals surface area (Å²) in [5.74, 6) is 0.411. The molecule has 4 rings (SSSR count). The van der Waals surface area contributed by atoms with Crippen LogP contribution in [-0.2, 0) is 24.2 Å². The average Bonchev–Trinajstić information content (AvgIpc) is 3.28. The molecule has 1 aromatic carbocycles. The first-order valence-electron chi connectivity index (χ1n) is 9.83. The van der Waals surface area contributed by atoms with Crippen LogP contribution in [0.1, 0.15) is 29.9 Å². The van der Waals surface area contributed by atoms with Crippen LogP contribution in [0.4, 0.5) is 11.4 Å². The Bertz CT molecular complexity index is 1170. The number of nitro groups is 1. The van der Waals surface area contributed by atoms with Gasteiger partial charge in [-0.15, -0.1) is 0 Å². The zero-order valence-electron chi connectivity index (χ0n) is 16.6. The number of nitro benzene ring substituents is 1. The van der Waals surface area contributed by atoms with E-state index in [1.54, 1.807) is 23.0 Å². The van der Waals surface area contributed by atoms with E-state index in [-0.39, 0.29) is 23.0 Å². The number of anilines is 1. The van der Waals surface area contributed by atoms with Crippen molar-refractivity contribution in [1.82, 2.24) is 9.55 Å². The van der Waals surface area contributed by atoms with Gasteiger partial charge >= 0.3 is 5.69 Å². The molecule has 0 atom stereocenters. The van der Waals surface area contributed by atoms with E-state index in [1.807, 2.05) is 6.07 Å². The van der Waals surface area contributed by atoms with E-state index in [4.69, 9.17) is 4.42 Å². The van der Waals surface area contributed by atoms with Crippen molar-refractivity contribution in [3.63, 3.8) is 0 Å². The molecule has 0 radical (unpaired) electrons. The Labute approximate surface area is 181 Å². The van der Waals surface area contributed by atoms with Crippen LogP contribution >= 0.6 is 11.8 Å². The highest BCUT2D eigenvalue weighted by molar-refractivity contribution is 8.00. The molecule has 0 aliphatic heterocycles. The number of carbonyl (C=O) groups is 1. The summed E-state index contributed by atoms with van der Waals surface area (Å²) >= 11 is 1.21. The second-order valence-electron chi connectivity index (χ2n) is 7.14. The van der Waals surface area contributed by atoms with Gasteiger partial charge in [-0.25, -0.2) is 4.79 Å². The lowest BCUT2D eigenvalue weighted by atomic mass is 9.97. The Morgan fingerprint density at radius 2 is 2.10 bits per heavy atom. The number of hydrogen-bond donors (Lipinski definition) is 1. The van der Waals surface area contributed by atoms with Gasteiger partial charge < -0.3 is 9.73 Å². The number of furan rings is 1. The van der Waals surface area contributed by atoms with Gasteiger partial charge in [0.25, 0.3) is 5.69 Å². The molecule has 0 bridgehead atoms. The van der Waals surface area contributed by atoms with Crippen LogP contribution in [0.3, 0.4) is 0 Å². The summed E-state index contributed by atoms with van der Waals surface area (Å²) in [6.07, 6.45) is 5.15. The Hall–Kier alpha value is -3.40. The highest BCUT2D eigenvalue weighted by Gasteiger charge is 2.21. The number of aromatic nitrogens is 2. The van der Waals surface area contributed by atoms with Crippen molar-refractivity contribution in [3.8, 4) is 0 Å². The minimum Gasteiger partial charge on any atom is -0.467 e.